The van der Waals surface area contributed by atoms with Gasteiger partial charge in [-0.3, -0.25) is 4.84 Å². The molecule has 0 aromatic heterocycles. The molecule has 0 atom stereocenters. The summed E-state index contributed by atoms with van der Waals surface area (Å²) in [5, 5.41) is 3.16. The topological polar surface area (TPSA) is 47.3 Å². The first-order chi connectivity index (χ1) is 5.33. The van der Waals surface area contributed by atoms with Crippen LogP contribution in [0, 0.1) is 5.41 Å². The molecule has 0 aliphatic carbocycles. The van der Waals surface area contributed by atoms with E-state index in [2.05, 4.69) is 19.2 Å². The molecule has 3 N–H and O–H groups in total. The molecule has 0 aliphatic heterocycles. The molecule has 0 rings (SSSR count). The summed E-state index contributed by atoms with van der Waals surface area (Å²) in [5.41, 5.74) is -0.0159. The third-order valence-corrected chi connectivity index (χ3v) is 1.88. The first kappa shape index (κ1) is 11.9. The Morgan fingerprint density at radius 3 is 2.08 bits per heavy atom. The molecule has 0 unspecified atom stereocenters. The van der Waals surface area contributed by atoms with Gasteiger partial charge in [0.25, 0.3) is 0 Å². The van der Waals surface area contributed by atoms with Crippen molar-refractivity contribution in [2.45, 2.75) is 39.7 Å². The predicted octanol–water partition coefficient (Wildman–Crippen LogP) is 1.29. The molecular weight excluding hydrogens is 152 g/mol. The molecule has 0 amide bonds. The van der Waals surface area contributed by atoms with E-state index in [-0.39, 0.29) is 11.0 Å². The third kappa shape index (κ3) is 4.70. The highest BCUT2D eigenvalue weighted by molar-refractivity contribution is 4.80. The summed E-state index contributed by atoms with van der Waals surface area (Å²) in [6.07, 6.45) is 0.942. The molecule has 0 saturated heterocycles. The molecule has 0 saturated carbocycles. The van der Waals surface area contributed by atoms with Gasteiger partial charge < -0.3 is 5.32 Å². The molecule has 12 heavy (non-hydrogen) atoms. The van der Waals surface area contributed by atoms with E-state index in [1.807, 2.05) is 20.9 Å². The quantitative estimate of drug-likeness (QED) is 0.617. The third-order valence-electron chi connectivity index (χ3n) is 1.88. The number of nitrogens with one attached hydrogen (secondary N) is 1. The van der Waals surface area contributed by atoms with Crippen LogP contribution in [-0.4, -0.2) is 19.2 Å². The first-order valence-corrected chi connectivity index (χ1v) is 4.35. The summed E-state index contributed by atoms with van der Waals surface area (Å²) in [6, 6.07) is 0. The second-order valence-electron chi connectivity index (χ2n) is 4.75. The fourth-order valence-corrected chi connectivity index (χ4v) is 1.74. The van der Waals surface area contributed by atoms with Crippen molar-refractivity contribution in [2.75, 3.05) is 13.6 Å². The highest BCUT2D eigenvalue weighted by Gasteiger charge is 2.28. The second-order valence-corrected chi connectivity index (χ2v) is 4.75. The fourth-order valence-electron chi connectivity index (χ4n) is 1.74. The smallest absolute Gasteiger partial charge is 0.0843 e. The van der Waals surface area contributed by atoms with Gasteiger partial charge in [-0.2, -0.15) is 0 Å². The van der Waals surface area contributed by atoms with Crippen LogP contribution in [0.3, 0.4) is 0 Å². The SMILES string of the molecule is CNCC(C)(C)CC(C)(C)ON. The molecule has 0 aromatic carbocycles. The summed E-state index contributed by atoms with van der Waals surface area (Å²) >= 11 is 0. The van der Waals surface area contributed by atoms with Gasteiger partial charge in [0.1, 0.15) is 0 Å². The standard InChI is InChI=1S/C9H22N2O/c1-8(2,7-11-5)6-9(3,4)12-10/h11H,6-7,10H2,1-5H3. The van der Waals surface area contributed by atoms with E-state index in [0.29, 0.717) is 0 Å². The van der Waals surface area contributed by atoms with Gasteiger partial charge in [-0.25, -0.2) is 5.90 Å². The van der Waals surface area contributed by atoms with Crippen LogP contribution in [0.1, 0.15) is 34.1 Å². The predicted molar refractivity (Wildman–Crippen MR) is 51.7 cm³/mol. The van der Waals surface area contributed by atoms with Crippen molar-refractivity contribution in [3.05, 3.63) is 0 Å². The van der Waals surface area contributed by atoms with Gasteiger partial charge in [-0.15, -0.1) is 0 Å². The average Bonchev–Trinajstić information content (AvgIpc) is 1.85. The van der Waals surface area contributed by atoms with Crippen LogP contribution in [0.2, 0.25) is 0 Å². The second kappa shape index (κ2) is 4.21. The minimum atomic E-state index is -0.236. The number of hydrogen-bond donors (Lipinski definition) is 2. The largest absolute Gasteiger partial charge is 0.319 e. The van der Waals surface area contributed by atoms with E-state index < -0.39 is 0 Å². The monoisotopic (exact) mass is 174 g/mol. The molecule has 0 aromatic rings. The maximum atomic E-state index is 5.19. The van der Waals surface area contributed by atoms with Crippen LogP contribution in [0.15, 0.2) is 0 Å². The van der Waals surface area contributed by atoms with E-state index >= 15 is 0 Å². The van der Waals surface area contributed by atoms with E-state index in [1.54, 1.807) is 0 Å². The lowest BCUT2D eigenvalue weighted by Crippen LogP contribution is -2.38. The first-order valence-electron chi connectivity index (χ1n) is 4.35. The van der Waals surface area contributed by atoms with Crippen LogP contribution in [0.4, 0.5) is 0 Å². The Morgan fingerprint density at radius 2 is 1.75 bits per heavy atom. The lowest BCUT2D eigenvalue weighted by molar-refractivity contribution is -0.0475. The van der Waals surface area contributed by atoms with Crippen molar-refractivity contribution in [1.82, 2.24) is 5.32 Å². The molecule has 0 bridgehead atoms. The molecule has 0 aliphatic rings. The molecule has 0 spiro atoms. The van der Waals surface area contributed by atoms with E-state index in [1.165, 1.54) is 0 Å². The number of nitrogens with two attached hydrogens (primary N) is 1. The molecule has 0 radical (unpaired) electrons. The normalized spacial score (nSPS) is 13.5. The Labute approximate surface area is 75.6 Å². The zero-order valence-electron chi connectivity index (χ0n) is 8.90. The van der Waals surface area contributed by atoms with Crippen LogP contribution >= 0.6 is 0 Å². The van der Waals surface area contributed by atoms with Gasteiger partial charge in [-0.05, 0) is 32.7 Å². The van der Waals surface area contributed by atoms with Crippen molar-refractivity contribution in [3.63, 3.8) is 0 Å². The summed E-state index contributed by atoms with van der Waals surface area (Å²) in [7, 11) is 1.96. The Kier molecular flexibility index (Phi) is 4.17. The van der Waals surface area contributed by atoms with Crippen LogP contribution in [0.25, 0.3) is 0 Å². The van der Waals surface area contributed by atoms with Crippen LogP contribution in [0.5, 0.6) is 0 Å². The van der Waals surface area contributed by atoms with Gasteiger partial charge in [-0.1, -0.05) is 13.8 Å². The zero-order chi connectivity index (χ0) is 9.83. The Bertz CT molecular complexity index is 132. The van der Waals surface area contributed by atoms with Gasteiger partial charge in [0.2, 0.25) is 0 Å². The maximum Gasteiger partial charge on any atom is 0.0843 e. The van der Waals surface area contributed by atoms with Crippen molar-refractivity contribution < 1.29 is 4.84 Å². The average molecular weight is 174 g/mol. The minimum absolute atomic E-state index is 0.220. The minimum Gasteiger partial charge on any atom is -0.319 e. The summed E-state index contributed by atoms with van der Waals surface area (Å²) in [4.78, 5) is 4.89. The molecular formula is C9H22N2O. The highest BCUT2D eigenvalue weighted by Crippen LogP contribution is 2.28. The Morgan fingerprint density at radius 1 is 1.25 bits per heavy atom. The molecule has 3 heteroatoms. The number of rotatable bonds is 5. The van der Waals surface area contributed by atoms with Crippen molar-refractivity contribution in [2.24, 2.45) is 11.3 Å². The maximum absolute atomic E-state index is 5.19. The molecule has 74 valence electrons. The summed E-state index contributed by atoms with van der Waals surface area (Å²) < 4.78 is 0. The Hall–Kier alpha value is -0.120. The van der Waals surface area contributed by atoms with Crippen molar-refractivity contribution in [3.8, 4) is 0 Å². The van der Waals surface area contributed by atoms with Crippen molar-refractivity contribution in [1.29, 1.82) is 0 Å². The van der Waals surface area contributed by atoms with Crippen LogP contribution in [-0.2, 0) is 4.84 Å². The highest BCUT2D eigenvalue weighted by atomic mass is 16.6. The number of hydrogen-bond acceptors (Lipinski definition) is 3. The van der Waals surface area contributed by atoms with Gasteiger partial charge in [0.05, 0.1) is 5.60 Å². The van der Waals surface area contributed by atoms with E-state index in [0.717, 1.165) is 13.0 Å². The molecule has 0 fully saturated rings. The van der Waals surface area contributed by atoms with Crippen LogP contribution < -0.4 is 11.2 Å². The van der Waals surface area contributed by atoms with Gasteiger partial charge in [0, 0.05) is 6.54 Å². The summed E-state index contributed by atoms with van der Waals surface area (Å²) in [5.74, 6) is 5.19. The fraction of sp³-hybridized carbons (Fsp3) is 1.00. The zero-order valence-corrected chi connectivity index (χ0v) is 8.90. The Balaban J connectivity index is 4.04. The molecule has 3 nitrogen and oxygen atoms in total. The lowest BCUT2D eigenvalue weighted by Gasteiger charge is -2.33. The van der Waals surface area contributed by atoms with E-state index in [9.17, 15) is 0 Å². The molecule has 0 heterocycles. The summed E-state index contributed by atoms with van der Waals surface area (Å²) in [6.45, 7) is 9.38. The van der Waals surface area contributed by atoms with Gasteiger partial charge in [0.15, 0.2) is 0 Å². The van der Waals surface area contributed by atoms with Gasteiger partial charge >= 0.3 is 0 Å². The van der Waals surface area contributed by atoms with E-state index in [4.69, 9.17) is 10.7 Å². The van der Waals surface area contributed by atoms with Crippen molar-refractivity contribution >= 4 is 0 Å². The lowest BCUT2D eigenvalue weighted by atomic mass is 9.82.